The topological polar surface area (TPSA) is 197 Å². The normalized spacial score (nSPS) is 21.7. The molecule has 4 aromatic rings. The molecule has 0 spiro atoms. The number of carbonyl (C=O) groups excluding carboxylic acids is 5. The molecule has 16 nitrogen and oxygen atoms in total. The van der Waals surface area contributed by atoms with Crippen LogP contribution in [0, 0.1) is 17.3 Å². The summed E-state index contributed by atoms with van der Waals surface area (Å²) >= 11 is 6.27. The molecule has 6 heterocycles. The molecular weight excluding hydrogens is 805 g/mol. The van der Waals surface area contributed by atoms with E-state index < -0.39 is 41.5 Å². The lowest BCUT2D eigenvalue weighted by molar-refractivity contribution is -0.136. The largest absolute Gasteiger partial charge is 0.369 e. The molecule has 0 radical (unpaired) electrons. The number of pyridine rings is 1. The number of aromatic nitrogens is 3. The van der Waals surface area contributed by atoms with Gasteiger partial charge in [-0.25, -0.2) is 15.0 Å². The van der Waals surface area contributed by atoms with Gasteiger partial charge in [-0.05, 0) is 87.1 Å². The van der Waals surface area contributed by atoms with Crippen LogP contribution in [0.25, 0.3) is 0 Å². The maximum absolute atomic E-state index is 15.4. The summed E-state index contributed by atoms with van der Waals surface area (Å²) in [7, 11) is 0. The lowest BCUT2D eigenvalue weighted by atomic mass is 9.89. The maximum Gasteiger partial charge on any atom is 0.262 e. The molecule has 5 aliphatic rings. The molecule has 0 bridgehead atoms. The van der Waals surface area contributed by atoms with Crippen molar-refractivity contribution in [2.24, 2.45) is 0 Å². The van der Waals surface area contributed by atoms with Gasteiger partial charge in [0.25, 0.3) is 17.7 Å². The van der Waals surface area contributed by atoms with Gasteiger partial charge in [0.2, 0.25) is 17.8 Å². The number of piperidine rings is 1. The number of nitrogens with one attached hydrogen (secondary N) is 3. The lowest BCUT2D eigenvalue weighted by Crippen LogP contribution is -2.54. The van der Waals surface area contributed by atoms with Crippen molar-refractivity contribution in [1.82, 2.24) is 35.4 Å². The molecule has 61 heavy (non-hydrogen) atoms. The van der Waals surface area contributed by atoms with Gasteiger partial charge in [-0.15, -0.1) is 0 Å². The number of amides is 5. The third-order valence-electron chi connectivity index (χ3n) is 12.4. The van der Waals surface area contributed by atoms with Crippen LogP contribution in [0.4, 0.5) is 27.4 Å². The van der Waals surface area contributed by atoms with Crippen LogP contribution in [-0.4, -0.2) is 105 Å². The van der Waals surface area contributed by atoms with Gasteiger partial charge in [-0.3, -0.25) is 39.1 Å². The van der Waals surface area contributed by atoms with Gasteiger partial charge in [0, 0.05) is 68.2 Å². The molecule has 1 saturated carbocycles. The third kappa shape index (κ3) is 7.84. The van der Waals surface area contributed by atoms with Crippen LogP contribution in [0.5, 0.6) is 0 Å². The summed E-state index contributed by atoms with van der Waals surface area (Å²) in [6.07, 6.45) is 5.49. The predicted octanol–water partition coefficient (Wildman–Crippen LogP) is 4.11. The monoisotopic (exact) mass is 845 g/mol. The van der Waals surface area contributed by atoms with Crippen molar-refractivity contribution in [3.05, 3.63) is 99.3 Å². The molecule has 312 valence electrons. The summed E-state index contributed by atoms with van der Waals surface area (Å²) in [4.78, 5) is 84.4. The van der Waals surface area contributed by atoms with Crippen molar-refractivity contribution < 1.29 is 28.4 Å². The number of anilines is 4. The van der Waals surface area contributed by atoms with Crippen molar-refractivity contribution >= 4 is 64.1 Å². The first kappa shape index (κ1) is 39.9. The van der Waals surface area contributed by atoms with E-state index in [2.05, 4.69) is 51.7 Å². The zero-order valence-corrected chi connectivity index (χ0v) is 33.8. The summed E-state index contributed by atoms with van der Waals surface area (Å²) in [5.74, 6) is -2.75. The van der Waals surface area contributed by atoms with Crippen LogP contribution in [0.15, 0.2) is 54.9 Å². The summed E-state index contributed by atoms with van der Waals surface area (Å²) in [6, 6.07) is 14.8. The summed E-state index contributed by atoms with van der Waals surface area (Å²) < 4.78 is 15.4. The second-order valence-electron chi connectivity index (χ2n) is 15.9. The first-order valence-electron chi connectivity index (χ1n) is 20.4. The van der Waals surface area contributed by atoms with Gasteiger partial charge in [0.05, 0.1) is 39.5 Å². The van der Waals surface area contributed by atoms with Crippen molar-refractivity contribution in [3.8, 4) is 6.07 Å². The Bertz CT molecular complexity index is 2520. The van der Waals surface area contributed by atoms with Crippen LogP contribution in [-0.2, 0) is 22.6 Å². The standard InChI is InChI=1S/C43H41ClFN11O5/c44-33-20-28(4-1-24(33)21-46)55-14-13-30-34(22-55)47-23-48-39(30)51-36-11-9-31(38(45)50-36)40(58)49-25-2-5-26(6-3-25)53-15-17-54(18-16-53)27-7-8-29-32(19-27)43(61)56(42(29)60)35-10-12-37(57)52-41(35)59/h1,4,7-9,11,19-20,23,25-26,35H,2-3,5-6,10,12-18,22H2,(H,49,58)(H,52,57,59)(H,47,48,50,51). The van der Waals surface area contributed by atoms with E-state index in [4.69, 9.17) is 11.6 Å². The first-order chi connectivity index (χ1) is 29.5. The Morgan fingerprint density at radius 2 is 1.61 bits per heavy atom. The zero-order valence-electron chi connectivity index (χ0n) is 33.0. The molecule has 1 aliphatic carbocycles. The highest BCUT2D eigenvalue weighted by Gasteiger charge is 2.45. The quantitative estimate of drug-likeness (QED) is 0.170. The van der Waals surface area contributed by atoms with E-state index in [1.165, 1.54) is 12.4 Å². The van der Waals surface area contributed by atoms with Crippen molar-refractivity contribution in [3.63, 3.8) is 0 Å². The molecule has 3 N–H and O–H groups in total. The highest BCUT2D eigenvalue weighted by atomic mass is 35.5. The SMILES string of the molecule is N#Cc1ccc(N2CCc3c(ncnc3Nc3ccc(C(=O)NC4CCC(N5CCN(c6ccc7c(c6)C(=O)N(C6CCC(=O)NC6=O)C7=O)CC5)CC4)c(F)n3)C2)cc1Cl. The van der Waals surface area contributed by atoms with Gasteiger partial charge in [-0.1, -0.05) is 11.6 Å². The number of imide groups is 2. The van der Waals surface area contributed by atoms with Gasteiger partial charge in [0.15, 0.2) is 0 Å². The van der Waals surface area contributed by atoms with E-state index >= 15 is 4.39 Å². The van der Waals surface area contributed by atoms with E-state index in [-0.39, 0.29) is 41.4 Å². The molecule has 18 heteroatoms. The molecule has 9 rings (SSSR count). The van der Waals surface area contributed by atoms with Gasteiger partial charge in [-0.2, -0.15) is 9.65 Å². The molecule has 1 atom stereocenters. The Balaban J connectivity index is 0.749. The number of nitriles is 1. The number of fused-ring (bicyclic) bond motifs is 2. The molecule has 2 aromatic carbocycles. The van der Waals surface area contributed by atoms with Gasteiger partial charge >= 0.3 is 0 Å². The van der Waals surface area contributed by atoms with Crippen molar-refractivity contribution in [2.45, 2.75) is 69.6 Å². The number of halogens is 2. The Morgan fingerprint density at radius 3 is 2.34 bits per heavy atom. The number of piperazine rings is 1. The highest BCUT2D eigenvalue weighted by Crippen LogP contribution is 2.33. The molecular formula is C43H41ClFN11O5. The summed E-state index contributed by atoms with van der Waals surface area (Å²) in [5, 5.41) is 18.0. The summed E-state index contributed by atoms with van der Waals surface area (Å²) in [5.41, 5.74) is 4.19. The molecule has 2 saturated heterocycles. The molecule has 1 unspecified atom stereocenters. The zero-order chi connectivity index (χ0) is 42.4. The Kier molecular flexibility index (Phi) is 10.8. The molecule has 5 amide bonds. The average Bonchev–Trinajstić information content (AvgIpc) is 3.51. The predicted molar refractivity (Wildman–Crippen MR) is 221 cm³/mol. The number of carbonyl (C=O) groups is 5. The van der Waals surface area contributed by atoms with E-state index in [1.54, 1.807) is 30.3 Å². The third-order valence-corrected chi connectivity index (χ3v) is 12.7. The number of hydrogen-bond acceptors (Lipinski definition) is 13. The Hall–Kier alpha value is -6.51. The minimum atomic E-state index is -1.00. The number of benzene rings is 2. The second kappa shape index (κ2) is 16.5. The first-order valence-corrected chi connectivity index (χ1v) is 20.8. The number of rotatable bonds is 8. The van der Waals surface area contributed by atoms with Crippen LogP contribution in [0.1, 0.15) is 86.4 Å². The molecule has 4 aliphatic heterocycles. The fourth-order valence-electron chi connectivity index (χ4n) is 9.12. The summed E-state index contributed by atoms with van der Waals surface area (Å²) in [6.45, 7) is 4.19. The van der Waals surface area contributed by atoms with Crippen LogP contribution >= 0.6 is 11.6 Å². The smallest absolute Gasteiger partial charge is 0.262 e. The maximum atomic E-state index is 15.4. The van der Waals surface area contributed by atoms with E-state index in [1.807, 2.05) is 12.1 Å². The Morgan fingerprint density at radius 1 is 0.852 bits per heavy atom. The Labute approximate surface area is 355 Å². The average molecular weight is 846 g/mol. The molecule has 3 fully saturated rings. The van der Waals surface area contributed by atoms with Gasteiger partial charge < -0.3 is 20.4 Å². The minimum absolute atomic E-state index is 0.0670. The van der Waals surface area contributed by atoms with Crippen LogP contribution < -0.4 is 25.8 Å². The van der Waals surface area contributed by atoms with Gasteiger partial charge in [0.1, 0.15) is 30.1 Å². The van der Waals surface area contributed by atoms with E-state index in [9.17, 15) is 29.2 Å². The van der Waals surface area contributed by atoms with Crippen LogP contribution in [0.3, 0.4) is 0 Å². The van der Waals surface area contributed by atoms with E-state index in [0.717, 1.165) is 79.4 Å². The minimum Gasteiger partial charge on any atom is -0.369 e. The fraction of sp³-hybridized carbons (Fsp3) is 0.372. The number of nitrogens with zero attached hydrogens (tertiary/aromatic N) is 8. The number of hydrogen-bond donors (Lipinski definition) is 3. The van der Waals surface area contributed by atoms with Crippen LogP contribution in [0.2, 0.25) is 5.02 Å². The fourth-order valence-corrected chi connectivity index (χ4v) is 9.33. The van der Waals surface area contributed by atoms with Crippen molar-refractivity contribution in [1.29, 1.82) is 5.26 Å². The highest BCUT2D eigenvalue weighted by molar-refractivity contribution is 6.32. The lowest BCUT2D eigenvalue weighted by Gasteiger charge is -2.42. The second-order valence-corrected chi connectivity index (χ2v) is 16.3. The molecule has 2 aromatic heterocycles. The van der Waals surface area contributed by atoms with E-state index in [0.29, 0.717) is 42.0 Å². The van der Waals surface area contributed by atoms with Crippen molar-refractivity contribution in [2.75, 3.05) is 47.8 Å².